The van der Waals surface area contributed by atoms with Gasteiger partial charge in [0.05, 0.1) is 5.69 Å². The zero-order valence-electron chi connectivity index (χ0n) is 15.3. The van der Waals surface area contributed by atoms with Crippen LogP contribution in [0.1, 0.15) is 18.9 Å². The first-order chi connectivity index (χ1) is 13.4. The molecule has 1 heterocycles. The molecule has 28 heavy (non-hydrogen) atoms. The molecule has 0 bridgehead atoms. The number of carboxylic acids is 1. The Morgan fingerprint density at radius 3 is 2.61 bits per heavy atom. The number of anilines is 2. The van der Waals surface area contributed by atoms with Gasteiger partial charge in [0, 0.05) is 24.7 Å². The van der Waals surface area contributed by atoms with E-state index in [0.717, 1.165) is 6.08 Å². The molecule has 1 aliphatic heterocycles. The number of aliphatic carboxylic acids is 1. The Hall–Kier alpha value is -3.61. The van der Waals surface area contributed by atoms with Crippen LogP contribution >= 0.6 is 0 Å². The molecule has 144 valence electrons. The van der Waals surface area contributed by atoms with Gasteiger partial charge in [-0.15, -0.1) is 0 Å². The average molecular weight is 380 g/mol. The standard InChI is InChI=1S/C21H20N2O5/c1-14-21(27)23(17-4-2-3-5-18(17)28-14)13-12-19(24)22-16-9-6-15(7-10-16)8-11-20(25)26/h2-11,14H,12-13H2,1H3,(H,22,24)(H,25,26)/b11-8+. The van der Waals surface area contributed by atoms with Crippen LogP contribution in [0, 0.1) is 0 Å². The molecule has 0 fully saturated rings. The topological polar surface area (TPSA) is 95.9 Å². The summed E-state index contributed by atoms with van der Waals surface area (Å²) in [5.74, 6) is -0.801. The summed E-state index contributed by atoms with van der Waals surface area (Å²) in [6.07, 6.45) is 2.06. The SMILES string of the molecule is CC1Oc2ccccc2N(CCC(=O)Nc2ccc(/C=C/C(=O)O)cc2)C1=O. The summed E-state index contributed by atoms with van der Waals surface area (Å²) in [7, 11) is 0. The van der Waals surface area contributed by atoms with Gasteiger partial charge in [0.15, 0.2) is 6.10 Å². The summed E-state index contributed by atoms with van der Waals surface area (Å²) in [6.45, 7) is 1.93. The van der Waals surface area contributed by atoms with E-state index in [2.05, 4.69) is 5.32 Å². The van der Waals surface area contributed by atoms with Gasteiger partial charge in [-0.2, -0.15) is 0 Å². The van der Waals surface area contributed by atoms with Crippen LogP contribution in [0.25, 0.3) is 6.08 Å². The number of hydrogen-bond donors (Lipinski definition) is 2. The van der Waals surface area contributed by atoms with Crippen molar-refractivity contribution >= 4 is 35.2 Å². The van der Waals surface area contributed by atoms with Crippen LogP contribution in [0.2, 0.25) is 0 Å². The minimum atomic E-state index is -1.02. The number of nitrogens with one attached hydrogen (secondary N) is 1. The van der Waals surface area contributed by atoms with Crippen LogP contribution in [-0.2, 0) is 14.4 Å². The lowest BCUT2D eigenvalue weighted by Crippen LogP contribution is -2.45. The molecule has 3 rings (SSSR count). The molecule has 7 heteroatoms. The molecule has 2 aromatic rings. The highest BCUT2D eigenvalue weighted by atomic mass is 16.5. The number of rotatable bonds is 6. The number of amides is 2. The highest BCUT2D eigenvalue weighted by Gasteiger charge is 2.31. The van der Waals surface area contributed by atoms with E-state index in [4.69, 9.17) is 9.84 Å². The van der Waals surface area contributed by atoms with Crippen molar-refractivity contribution < 1.29 is 24.2 Å². The number of nitrogens with zero attached hydrogens (tertiary/aromatic N) is 1. The fourth-order valence-electron chi connectivity index (χ4n) is 2.87. The van der Waals surface area contributed by atoms with E-state index in [1.807, 2.05) is 12.1 Å². The summed E-state index contributed by atoms with van der Waals surface area (Å²) in [6, 6.07) is 14.0. The molecule has 0 aromatic heterocycles. The lowest BCUT2D eigenvalue weighted by atomic mass is 10.1. The zero-order valence-corrected chi connectivity index (χ0v) is 15.3. The minimum Gasteiger partial charge on any atom is -0.479 e. The van der Waals surface area contributed by atoms with Crippen LogP contribution in [0.5, 0.6) is 5.75 Å². The molecule has 2 amide bonds. The normalized spacial score (nSPS) is 15.8. The third-order valence-corrected chi connectivity index (χ3v) is 4.25. The molecule has 2 N–H and O–H groups in total. The second-order valence-corrected chi connectivity index (χ2v) is 6.31. The maximum absolute atomic E-state index is 12.4. The van der Waals surface area contributed by atoms with Gasteiger partial charge >= 0.3 is 5.97 Å². The zero-order chi connectivity index (χ0) is 20.1. The number of para-hydroxylation sites is 2. The molecule has 0 saturated heterocycles. The smallest absolute Gasteiger partial charge is 0.328 e. The largest absolute Gasteiger partial charge is 0.479 e. The molecule has 0 saturated carbocycles. The van der Waals surface area contributed by atoms with E-state index in [1.54, 1.807) is 48.2 Å². The van der Waals surface area contributed by atoms with Gasteiger partial charge in [-0.1, -0.05) is 24.3 Å². The van der Waals surface area contributed by atoms with Crippen molar-refractivity contribution in [2.75, 3.05) is 16.8 Å². The first kappa shape index (κ1) is 19.2. The Morgan fingerprint density at radius 1 is 1.18 bits per heavy atom. The number of carbonyl (C=O) groups excluding carboxylic acids is 2. The Morgan fingerprint density at radius 2 is 1.89 bits per heavy atom. The summed E-state index contributed by atoms with van der Waals surface area (Å²) >= 11 is 0. The highest BCUT2D eigenvalue weighted by Crippen LogP contribution is 2.33. The predicted octanol–water partition coefficient (Wildman–Crippen LogP) is 2.93. The van der Waals surface area contributed by atoms with Crippen LogP contribution < -0.4 is 15.0 Å². The van der Waals surface area contributed by atoms with Gasteiger partial charge < -0.3 is 20.1 Å². The van der Waals surface area contributed by atoms with Gasteiger partial charge in [-0.3, -0.25) is 9.59 Å². The number of ether oxygens (including phenoxy) is 1. The molecule has 1 aliphatic rings. The van der Waals surface area contributed by atoms with Crippen molar-refractivity contribution in [1.29, 1.82) is 0 Å². The third-order valence-electron chi connectivity index (χ3n) is 4.25. The molecule has 7 nitrogen and oxygen atoms in total. The maximum atomic E-state index is 12.4. The van der Waals surface area contributed by atoms with E-state index in [0.29, 0.717) is 22.7 Å². The minimum absolute atomic E-state index is 0.132. The summed E-state index contributed by atoms with van der Waals surface area (Å²) in [5, 5.41) is 11.4. The summed E-state index contributed by atoms with van der Waals surface area (Å²) < 4.78 is 5.59. The Labute approximate surface area is 162 Å². The average Bonchev–Trinajstić information content (AvgIpc) is 2.68. The first-order valence-corrected chi connectivity index (χ1v) is 8.82. The lowest BCUT2D eigenvalue weighted by Gasteiger charge is -2.32. The molecule has 1 atom stereocenters. The summed E-state index contributed by atoms with van der Waals surface area (Å²) in [5.41, 5.74) is 1.97. The second-order valence-electron chi connectivity index (χ2n) is 6.31. The second kappa shape index (κ2) is 8.39. The quantitative estimate of drug-likeness (QED) is 0.751. The molecule has 0 spiro atoms. The van der Waals surface area contributed by atoms with Crippen molar-refractivity contribution in [2.24, 2.45) is 0 Å². The third kappa shape index (κ3) is 4.56. The first-order valence-electron chi connectivity index (χ1n) is 8.82. The highest BCUT2D eigenvalue weighted by molar-refractivity contribution is 6.00. The lowest BCUT2D eigenvalue weighted by molar-refractivity contribution is -0.131. The molecule has 0 radical (unpaired) electrons. The molecular weight excluding hydrogens is 360 g/mol. The van der Waals surface area contributed by atoms with E-state index >= 15 is 0 Å². The van der Waals surface area contributed by atoms with Crippen LogP contribution in [-0.4, -0.2) is 35.5 Å². The van der Waals surface area contributed by atoms with Crippen molar-refractivity contribution in [2.45, 2.75) is 19.4 Å². The Kier molecular flexibility index (Phi) is 5.74. The van der Waals surface area contributed by atoms with E-state index < -0.39 is 12.1 Å². The van der Waals surface area contributed by atoms with Crippen molar-refractivity contribution in [3.8, 4) is 5.75 Å². The maximum Gasteiger partial charge on any atom is 0.328 e. The van der Waals surface area contributed by atoms with E-state index in [1.165, 1.54) is 6.08 Å². The van der Waals surface area contributed by atoms with Gasteiger partial charge in [-0.05, 0) is 42.8 Å². The van der Waals surface area contributed by atoms with Crippen LogP contribution in [0.15, 0.2) is 54.6 Å². The van der Waals surface area contributed by atoms with E-state index in [-0.39, 0.29) is 24.8 Å². The van der Waals surface area contributed by atoms with E-state index in [9.17, 15) is 14.4 Å². The molecule has 0 aliphatic carbocycles. The van der Waals surface area contributed by atoms with Crippen molar-refractivity contribution in [3.63, 3.8) is 0 Å². The number of hydrogen-bond acceptors (Lipinski definition) is 4. The fraction of sp³-hybridized carbons (Fsp3) is 0.190. The van der Waals surface area contributed by atoms with Gasteiger partial charge in [0.25, 0.3) is 5.91 Å². The monoisotopic (exact) mass is 380 g/mol. The van der Waals surface area contributed by atoms with Crippen LogP contribution in [0.4, 0.5) is 11.4 Å². The number of carbonyl (C=O) groups is 3. The van der Waals surface area contributed by atoms with Gasteiger partial charge in [-0.25, -0.2) is 4.79 Å². The van der Waals surface area contributed by atoms with Crippen molar-refractivity contribution in [1.82, 2.24) is 0 Å². The van der Waals surface area contributed by atoms with Crippen molar-refractivity contribution in [3.05, 3.63) is 60.2 Å². The Balaban J connectivity index is 1.60. The van der Waals surface area contributed by atoms with Gasteiger partial charge in [0.1, 0.15) is 5.75 Å². The number of fused-ring (bicyclic) bond motifs is 1. The van der Waals surface area contributed by atoms with Gasteiger partial charge in [0.2, 0.25) is 5.91 Å². The number of benzene rings is 2. The molecular formula is C21H20N2O5. The van der Waals surface area contributed by atoms with Crippen LogP contribution in [0.3, 0.4) is 0 Å². The Bertz CT molecular complexity index is 921. The number of carboxylic acid groups (broad SMARTS) is 1. The molecule has 1 unspecified atom stereocenters. The molecule has 2 aromatic carbocycles. The summed E-state index contributed by atoms with van der Waals surface area (Å²) in [4.78, 5) is 36.8. The predicted molar refractivity (Wildman–Crippen MR) is 105 cm³/mol. The fourth-order valence-corrected chi connectivity index (χ4v) is 2.87.